The summed E-state index contributed by atoms with van der Waals surface area (Å²) in [7, 11) is -7.16. The first kappa shape index (κ1) is 25.0. The molecule has 0 unspecified atom stereocenters. The molecule has 17 heteroatoms. The highest BCUT2D eigenvalue weighted by Gasteiger charge is 2.92. The van der Waals surface area contributed by atoms with Crippen molar-refractivity contribution in [3.63, 3.8) is 0 Å². The minimum Gasteiger partial charge on any atom is -0.263 e. The minimum absolute atomic E-state index is 0.580. The summed E-state index contributed by atoms with van der Waals surface area (Å²) in [5, 5.41) is -7.31. The Morgan fingerprint density at radius 1 is 0.615 bits per heavy atom. The van der Waals surface area contributed by atoms with Crippen LogP contribution in [0.2, 0.25) is 0 Å². The second-order valence-electron chi connectivity index (χ2n) is 4.91. The van der Waals surface area contributed by atoms with E-state index in [-0.39, 0.29) is 0 Å². The highest BCUT2D eigenvalue weighted by atomic mass is 32.2. The zero-order valence-electron chi connectivity index (χ0n) is 12.1. The van der Waals surface area contributed by atoms with Gasteiger partial charge in [0.05, 0.1) is 6.10 Å². The molecule has 0 aromatic carbocycles. The smallest absolute Gasteiger partial charge is 0.263 e. The molecule has 0 aliphatic heterocycles. The topological polar surface area (TPSA) is 43.4 Å². The molecule has 0 bridgehead atoms. The standard InChI is InChI=1S/C9H7F13O3S/c1-3(2)25-26(23,24)9(21,22)7(16,17)5(12,13)4(10,11)6(14,15)8(18,19)20/h3H,1-2H3. The van der Waals surface area contributed by atoms with Crippen LogP contribution in [0, 0.1) is 0 Å². The number of halogens is 13. The monoisotopic (exact) mass is 442 g/mol. The van der Waals surface area contributed by atoms with Gasteiger partial charge in [-0.05, 0) is 13.8 Å². The van der Waals surface area contributed by atoms with Crippen molar-refractivity contribution >= 4 is 10.1 Å². The third-order valence-corrected chi connectivity index (χ3v) is 4.06. The highest BCUT2D eigenvalue weighted by Crippen LogP contribution is 2.61. The summed E-state index contributed by atoms with van der Waals surface area (Å²) >= 11 is 0. The molecule has 26 heavy (non-hydrogen) atoms. The van der Waals surface area contributed by atoms with Crippen LogP contribution < -0.4 is 0 Å². The van der Waals surface area contributed by atoms with Crippen LogP contribution in [0.5, 0.6) is 0 Å². The lowest BCUT2D eigenvalue weighted by atomic mass is 9.98. The van der Waals surface area contributed by atoms with Crippen molar-refractivity contribution in [2.75, 3.05) is 0 Å². The molecule has 0 radical (unpaired) electrons. The van der Waals surface area contributed by atoms with Crippen molar-refractivity contribution in [1.82, 2.24) is 0 Å². The molecule has 0 rings (SSSR count). The Morgan fingerprint density at radius 3 is 1.19 bits per heavy atom. The Kier molecular flexibility index (Phi) is 6.03. The van der Waals surface area contributed by atoms with Crippen molar-refractivity contribution in [3.05, 3.63) is 0 Å². The van der Waals surface area contributed by atoms with E-state index in [1.54, 1.807) is 0 Å². The molecule has 0 atom stereocenters. The van der Waals surface area contributed by atoms with Crippen molar-refractivity contribution < 1.29 is 69.7 Å². The van der Waals surface area contributed by atoms with E-state index in [1.165, 1.54) is 0 Å². The summed E-state index contributed by atoms with van der Waals surface area (Å²) < 4.78 is 190. The maximum absolute atomic E-state index is 13.2. The maximum atomic E-state index is 13.2. The SMILES string of the molecule is CC(C)OS(=O)(=O)C(F)(F)C(F)(F)C(F)(F)C(F)(F)C(F)(F)C(F)(F)F. The number of hydrogen-bond acceptors (Lipinski definition) is 3. The second-order valence-corrected chi connectivity index (χ2v) is 6.52. The molecule has 0 fully saturated rings. The van der Waals surface area contributed by atoms with Crippen molar-refractivity contribution in [2.24, 2.45) is 0 Å². The summed E-state index contributed by atoms with van der Waals surface area (Å²) in [5.41, 5.74) is 0. The van der Waals surface area contributed by atoms with E-state index in [4.69, 9.17) is 0 Å². The van der Waals surface area contributed by atoms with Crippen LogP contribution in [0.4, 0.5) is 57.1 Å². The first-order chi connectivity index (χ1) is 10.9. The van der Waals surface area contributed by atoms with Crippen LogP contribution in [0.25, 0.3) is 0 Å². The van der Waals surface area contributed by atoms with Gasteiger partial charge in [0.25, 0.3) is 0 Å². The predicted octanol–water partition coefficient (Wildman–Crippen LogP) is 4.44. The van der Waals surface area contributed by atoms with Crippen LogP contribution in [-0.4, -0.2) is 49.6 Å². The van der Waals surface area contributed by atoms with Gasteiger partial charge in [0.2, 0.25) is 0 Å². The first-order valence-corrected chi connectivity index (χ1v) is 7.21. The molecule has 0 N–H and O–H groups in total. The lowest BCUT2D eigenvalue weighted by Gasteiger charge is -2.39. The van der Waals surface area contributed by atoms with Crippen LogP contribution >= 0.6 is 0 Å². The maximum Gasteiger partial charge on any atom is 0.460 e. The van der Waals surface area contributed by atoms with E-state index in [9.17, 15) is 65.5 Å². The highest BCUT2D eigenvalue weighted by molar-refractivity contribution is 7.87. The van der Waals surface area contributed by atoms with Gasteiger partial charge in [-0.3, -0.25) is 4.18 Å². The van der Waals surface area contributed by atoms with Crippen LogP contribution in [-0.2, 0) is 14.3 Å². The van der Waals surface area contributed by atoms with Gasteiger partial charge in [0.1, 0.15) is 0 Å². The summed E-state index contributed by atoms with van der Waals surface area (Å²) in [4.78, 5) is 0. The Labute approximate surface area is 136 Å². The molecule has 0 aliphatic rings. The zero-order chi connectivity index (χ0) is 21.8. The van der Waals surface area contributed by atoms with E-state index in [0.29, 0.717) is 13.8 Å². The molecule has 0 saturated heterocycles. The van der Waals surface area contributed by atoms with Crippen molar-refractivity contribution in [3.8, 4) is 0 Å². The van der Waals surface area contributed by atoms with E-state index >= 15 is 0 Å². The third-order valence-electron chi connectivity index (χ3n) is 2.54. The quantitative estimate of drug-likeness (QED) is 0.433. The average molecular weight is 442 g/mol. The fourth-order valence-corrected chi connectivity index (χ4v) is 2.30. The van der Waals surface area contributed by atoms with E-state index in [0.717, 1.165) is 0 Å². The first-order valence-electron chi connectivity index (χ1n) is 5.80. The van der Waals surface area contributed by atoms with E-state index in [1.807, 2.05) is 0 Å². The Morgan fingerprint density at radius 2 is 0.923 bits per heavy atom. The van der Waals surface area contributed by atoms with Gasteiger partial charge in [-0.1, -0.05) is 0 Å². The molecular formula is C9H7F13O3S. The summed E-state index contributed by atoms with van der Waals surface area (Å²) in [6.07, 6.45) is -9.51. The normalized spacial score (nSPS) is 16.3. The van der Waals surface area contributed by atoms with Gasteiger partial charge in [0.15, 0.2) is 0 Å². The summed E-state index contributed by atoms with van der Waals surface area (Å²) in [6.45, 7) is 1.16. The van der Waals surface area contributed by atoms with Gasteiger partial charge in [-0.2, -0.15) is 65.5 Å². The molecule has 3 nitrogen and oxygen atoms in total. The molecule has 0 saturated carbocycles. The van der Waals surface area contributed by atoms with Gasteiger partial charge < -0.3 is 0 Å². The molecule has 0 spiro atoms. The average Bonchev–Trinajstić information content (AvgIpc) is 2.34. The van der Waals surface area contributed by atoms with Gasteiger partial charge in [-0.25, -0.2) is 0 Å². The lowest BCUT2D eigenvalue weighted by molar-refractivity contribution is -0.433. The van der Waals surface area contributed by atoms with Gasteiger partial charge in [-0.15, -0.1) is 0 Å². The number of rotatable bonds is 7. The molecule has 0 heterocycles. The Balaban J connectivity index is 6.51. The molecule has 0 aromatic heterocycles. The van der Waals surface area contributed by atoms with E-state index < -0.39 is 51.3 Å². The zero-order valence-corrected chi connectivity index (χ0v) is 12.9. The summed E-state index contributed by atoms with van der Waals surface area (Å²) in [6, 6.07) is 0. The molecule has 0 aliphatic carbocycles. The molecule has 0 aromatic rings. The second kappa shape index (κ2) is 6.27. The van der Waals surface area contributed by atoms with Crippen LogP contribution in [0.15, 0.2) is 0 Å². The van der Waals surface area contributed by atoms with E-state index in [2.05, 4.69) is 4.18 Å². The predicted molar refractivity (Wildman–Crippen MR) is 55.9 cm³/mol. The number of hydrogen-bond donors (Lipinski definition) is 0. The largest absolute Gasteiger partial charge is 0.460 e. The fraction of sp³-hybridized carbons (Fsp3) is 1.00. The molecular weight excluding hydrogens is 435 g/mol. The summed E-state index contributed by atoms with van der Waals surface area (Å²) in [5.74, 6) is -32.2. The van der Waals surface area contributed by atoms with Gasteiger partial charge in [0, 0.05) is 0 Å². The minimum atomic E-state index is -8.18. The van der Waals surface area contributed by atoms with Crippen molar-refractivity contribution in [2.45, 2.75) is 55.1 Å². The van der Waals surface area contributed by atoms with Crippen LogP contribution in [0.1, 0.15) is 13.8 Å². The third kappa shape index (κ3) is 3.31. The molecule has 0 amide bonds. The van der Waals surface area contributed by atoms with Gasteiger partial charge >= 0.3 is 45.2 Å². The Bertz CT molecular complexity index is 619. The lowest BCUT2D eigenvalue weighted by Crippen LogP contribution is -2.71. The molecule has 158 valence electrons. The van der Waals surface area contributed by atoms with Crippen LogP contribution in [0.3, 0.4) is 0 Å². The van der Waals surface area contributed by atoms with Crippen molar-refractivity contribution in [1.29, 1.82) is 0 Å². The Hall–Kier alpha value is -1.00. The number of alkyl halides is 13. The fourth-order valence-electron chi connectivity index (χ4n) is 1.23.